The highest BCUT2D eigenvalue weighted by Crippen LogP contribution is 2.34. The molecule has 0 aromatic heterocycles. The van der Waals surface area contributed by atoms with Crippen molar-refractivity contribution in [3.63, 3.8) is 0 Å². The molecule has 7 nitrogen and oxygen atoms in total. The van der Waals surface area contributed by atoms with Gasteiger partial charge in [0.1, 0.15) is 6.04 Å². The van der Waals surface area contributed by atoms with Gasteiger partial charge in [0, 0.05) is 66.9 Å². The fourth-order valence-electron chi connectivity index (χ4n) is 4.72. The number of rotatable bonds is 10. The summed E-state index contributed by atoms with van der Waals surface area (Å²) in [5.41, 5.74) is 7.24. The Morgan fingerprint density at radius 1 is 1.14 bits per heavy atom. The number of carbonyl (C=O) groups is 2. The van der Waals surface area contributed by atoms with Crippen LogP contribution in [0, 0.1) is 0 Å². The summed E-state index contributed by atoms with van der Waals surface area (Å²) in [6, 6.07) is 12.3. The number of nitrogens with one attached hydrogen (secondary N) is 1. The molecule has 0 saturated carbocycles. The lowest BCUT2D eigenvalue weighted by atomic mass is 9.89. The maximum absolute atomic E-state index is 13.5. The molecule has 1 aliphatic heterocycles. The highest BCUT2D eigenvalue weighted by molar-refractivity contribution is 6.35. The molecule has 0 bridgehead atoms. The molecule has 4 N–H and O–H groups in total. The van der Waals surface area contributed by atoms with Gasteiger partial charge < -0.3 is 26.0 Å². The van der Waals surface area contributed by atoms with Gasteiger partial charge in [-0.2, -0.15) is 0 Å². The highest BCUT2D eigenvalue weighted by Gasteiger charge is 2.32. The van der Waals surface area contributed by atoms with Gasteiger partial charge in [0.2, 0.25) is 11.8 Å². The molecule has 1 unspecified atom stereocenters. The van der Waals surface area contributed by atoms with Crippen molar-refractivity contribution in [2.75, 3.05) is 37.6 Å². The summed E-state index contributed by atoms with van der Waals surface area (Å²) in [4.78, 5) is 29.9. The fraction of sp³-hybridized carbons (Fsp3) is 0.481. The third-order valence-electron chi connectivity index (χ3n) is 6.60. The summed E-state index contributed by atoms with van der Waals surface area (Å²) in [5, 5.41) is 14.9. The largest absolute Gasteiger partial charge is 0.385 e. The maximum Gasteiger partial charge on any atom is 0.245 e. The van der Waals surface area contributed by atoms with E-state index in [0.29, 0.717) is 42.6 Å². The molecule has 1 heterocycles. The average molecular weight is 536 g/mol. The number of benzene rings is 2. The summed E-state index contributed by atoms with van der Waals surface area (Å²) >= 11 is 12.4. The lowest BCUT2D eigenvalue weighted by Crippen LogP contribution is -2.56. The topological polar surface area (TPSA) is 98.9 Å². The predicted octanol–water partition coefficient (Wildman–Crippen LogP) is 3.73. The minimum Gasteiger partial charge on any atom is -0.385 e. The number of aliphatic hydroxyl groups is 1. The van der Waals surface area contributed by atoms with Crippen molar-refractivity contribution in [1.82, 2.24) is 10.2 Å². The molecule has 1 saturated heterocycles. The number of carbonyl (C=O) groups excluding carboxylic acids is 2. The Labute approximate surface area is 223 Å². The summed E-state index contributed by atoms with van der Waals surface area (Å²) < 4.78 is 0. The van der Waals surface area contributed by atoms with Crippen LogP contribution in [0.15, 0.2) is 42.5 Å². The van der Waals surface area contributed by atoms with Crippen LogP contribution in [0.3, 0.4) is 0 Å². The van der Waals surface area contributed by atoms with Crippen LogP contribution in [0.4, 0.5) is 5.69 Å². The summed E-state index contributed by atoms with van der Waals surface area (Å²) in [7, 11) is 0. The summed E-state index contributed by atoms with van der Waals surface area (Å²) in [6.07, 6.45) is 1.94. The van der Waals surface area contributed by atoms with Crippen molar-refractivity contribution >= 4 is 40.7 Å². The number of nitrogens with zero attached hydrogens (tertiary/aromatic N) is 2. The van der Waals surface area contributed by atoms with Gasteiger partial charge in [-0.25, -0.2) is 0 Å². The number of anilines is 1. The second-order valence-electron chi connectivity index (χ2n) is 9.45. The molecule has 1 fully saturated rings. The zero-order valence-electron chi connectivity index (χ0n) is 21.0. The van der Waals surface area contributed by atoms with Crippen molar-refractivity contribution in [2.24, 2.45) is 5.73 Å². The van der Waals surface area contributed by atoms with Crippen LogP contribution in [0.1, 0.15) is 44.2 Å². The summed E-state index contributed by atoms with van der Waals surface area (Å²) in [5.74, 6) is -0.427. The second-order valence-corrected chi connectivity index (χ2v) is 10.3. The van der Waals surface area contributed by atoms with Crippen LogP contribution < -0.4 is 16.0 Å². The predicted molar refractivity (Wildman–Crippen MR) is 145 cm³/mol. The van der Waals surface area contributed by atoms with Gasteiger partial charge in [-0.15, -0.1) is 0 Å². The van der Waals surface area contributed by atoms with Crippen molar-refractivity contribution < 1.29 is 14.7 Å². The molecule has 9 heteroatoms. The van der Waals surface area contributed by atoms with Crippen molar-refractivity contribution in [3.05, 3.63) is 63.6 Å². The van der Waals surface area contributed by atoms with E-state index in [4.69, 9.17) is 28.9 Å². The molecule has 3 rings (SSSR count). The molecule has 1 aliphatic rings. The number of nitrogens with two attached hydrogens (primary N) is 1. The van der Waals surface area contributed by atoms with Crippen LogP contribution in [0.2, 0.25) is 10.0 Å². The third-order valence-corrected chi connectivity index (χ3v) is 7.18. The normalized spacial score (nSPS) is 16.4. The molecule has 0 aliphatic carbocycles. The SMILES string of the molecule is CCCC(C)(O)c1ccccc1N1CCN(C(=O)[C@@H](Cc2ccc(Cl)cc2Cl)NC(=O)CCN)CC1. The van der Waals surface area contributed by atoms with Crippen LogP contribution in [-0.4, -0.2) is 60.6 Å². The van der Waals surface area contributed by atoms with Crippen LogP contribution in [-0.2, 0) is 21.6 Å². The first-order valence-electron chi connectivity index (χ1n) is 12.4. The molecular weight excluding hydrogens is 499 g/mol. The molecule has 196 valence electrons. The first-order chi connectivity index (χ1) is 17.2. The van der Waals surface area contributed by atoms with Gasteiger partial charge in [-0.05, 0) is 37.1 Å². The number of halogens is 2. The lowest BCUT2D eigenvalue weighted by Gasteiger charge is -2.40. The monoisotopic (exact) mass is 534 g/mol. The Morgan fingerprint density at radius 3 is 2.47 bits per heavy atom. The van der Waals surface area contributed by atoms with E-state index in [-0.39, 0.29) is 31.2 Å². The van der Waals surface area contributed by atoms with Gasteiger partial charge in [0.25, 0.3) is 0 Å². The Balaban J connectivity index is 1.74. The van der Waals surface area contributed by atoms with E-state index >= 15 is 0 Å². The Hall–Kier alpha value is -2.32. The fourth-order valence-corrected chi connectivity index (χ4v) is 5.20. The number of piperazine rings is 1. The second kappa shape index (κ2) is 12.8. The Morgan fingerprint density at radius 2 is 1.83 bits per heavy atom. The quantitative estimate of drug-likeness (QED) is 0.431. The summed E-state index contributed by atoms with van der Waals surface area (Å²) in [6.45, 7) is 6.36. The number of hydrogen-bond donors (Lipinski definition) is 3. The molecule has 2 aromatic carbocycles. The number of para-hydroxylation sites is 1. The molecule has 36 heavy (non-hydrogen) atoms. The van der Waals surface area contributed by atoms with Gasteiger partial charge in [-0.3, -0.25) is 9.59 Å². The first-order valence-corrected chi connectivity index (χ1v) is 13.2. The lowest BCUT2D eigenvalue weighted by molar-refractivity contribution is -0.136. The van der Waals surface area contributed by atoms with Gasteiger partial charge in [0.15, 0.2) is 0 Å². The van der Waals surface area contributed by atoms with Crippen molar-refractivity contribution in [2.45, 2.75) is 51.2 Å². The molecule has 0 spiro atoms. The minimum absolute atomic E-state index is 0.139. The molecule has 2 amide bonds. The molecule has 2 atom stereocenters. The van der Waals surface area contributed by atoms with Gasteiger partial charge >= 0.3 is 0 Å². The maximum atomic E-state index is 13.5. The van der Waals surface area contributed by atoms with Gasteiger partial charge in [-0.1, -0.05) is 60.8 Å². The number of amides is 2. The van der Waals surface area contributed by atoms with Crippen molar-refractivity contribution in [3.8, 4) is 0 Å². The number of hydrogen-bond acceptors (Lipinski definition) is 5. The van der Waals surface area contributed by atoms with Crippen molar-refractivity contribution in [1.29, 1.82) is 0 Å². The standard InChI is InChI=1S/C27H36Cl2N4O3/c1-3-11-27(2,36)21-6-4-5-7-24(21)32-13-15-33(16-14-32)26(35)23(31-25(34)10-12-30)17-19-8-9-20(28)18-22(19)29/h4-9,18,23,36H,3,10-17,30H2,1-2H3,(H,31,34)/t23-,27?/m1/s1. The van der Waals surface area contributed by atoms with E-state index in [9.17, 15) is 14.7 Å². The van der Waals surface area contributed by atoms with E-state index < -0.39 is 11.6 Å². The van der Waals surface area contributed by atoms with E-state index in [0.717, 1.165) is 23.2 Å². The van der Waals surface area contributed by atoms with Crippen LogP contribution >= 0.6 is 23.2 Å². The molecular formula is C27H36Cl2N4O3. The van der Waals surface area contributed by atoms with Crippen LogP contribution in [0.25, 0.3) is 0 Å². The molecule has 0 radical (unpaired) electrons. The van der Waals surface area contributed by atoms with Crippen LogP contribution in [0.5, 0.6) is 0 Å². The van der Waals surface area contributed by atoms with E-state index in [2.05, 4.69) is 17.1 Å². The first kappa shape index (κ1) is 28.3. The van der Waals surface area contributed by atoms with E-state index in [1.54, 1.807) is 23.1 Å². The minimum atomic E-state index is -0.922. The van der Waals surface area contributed by atoms with E-state index in [1.807, 2.05) is 31.2 Å². The smallest absolute Gasteiger partial charge is 0.245 e. The third kappa shape index (κ3) is 7.13. The zero-order valence-corrected chi connectivity index (χ0v) is 22.5. The van der Waals surface area contributed by atoms with Gasteiger partial charge in [0.05, 0.1) is 5.60 Å². The zero-order chi connectivity index (χ0) is 26.3. The van der Waals surface area contributed by atoms with E-state index in [1.165, 1.54) is 0 Å². The molecule has 2 aromatic rings. The average Bonchev–Trinajstić information content (AvgIpc) is 2.85. The highest BCUT2D eigenvalue weighted by atomic mass is 35.5. The Bertz CT molecular complexity index is 1060. The Kier molecular flexibility index (Phi) is 10.0.